The molecule has 1 N–H and O–H groups in total. The Kier molecular flexibility index (Phi) is 11.9. The van der Waals surface area contributed by atoms with E-state index in [-0.39, 0.29) is 45.4 Å². The molecular weight excluding hydrogens is 619 g/mol. The number of urea groups is 1. The van der Waals surface area contributed by atoms with Crippen LogP contribution in [0.1, 0.15) is 30.4 Å². The number of benzene rings is 2. The second-order valence-corrected chi connectivity index (χ2v) is 9.55. The number of aromatic nitrogens is 3. The van der Waals surface area contributed by atoms with Crippen LogP contribution in [0.5, 0.6) is 0 Å². The highest BCUT2D eigenvalue weighted by molar-refractivity contribution is 6.32. The first kappa shape index (κ1) is 34.5. The van der Waals surface area contributed by atoms with Crippen LogP contribution in [-0.2, 0) is 22.1 Å². The van der Waals surface area contributed by atoms with Gasteiger partial charge in [0.2, 0.25) is 0 Å². The van der Waals surface area contributed by atoms with E-state index in [9.17, 15) is 40.7 Å². The maximum absolute atomic E-state index is 14.2. The van der Waals surface area contributed by atoms with Crippen molar-refractivity contribution in [2.45, 2.75) is 38.4 Å². The topological polar surface area (TPSA) is 98.5 Å². The minimum Gasteiger partial charge on any atom is -0.465 e. The quantitative estimate of drug-likeness (QED) is 0.192. The molecule has 0 aliphatic carbocycles. The van der Waals surface area contributed by atoms with Crippen LogP contribution in [0.25, 0.3) is 5.69 Å². The number of alkyl halides is 6. The van der Waals surface area contributed by atoms with Crippen molar-refractivity contribution in [1.82, 2.24) is 19.2 Å². The van der Waals surface area contributed by atoms with E-state index in [1.54, 1.807) is 6.92 Å². The third kappa shape index (κ3) is 8.89. The van der Waals surface area contributed by atoms with Crippen LogP contribution in [0.15, 0.2) is 41.2 Å². The van der Waals surface area contributed by atoms with E-state index in [1.165, 1.54) is 38.1 Å². The molecule has 2 aromatic carbocycles. The van der Waals surface area contributed by atoms with Gasteiger partial charge in [-0.25, -0.2) is 18.5 Å². The average molecular weight is 644 g/mol. The van der Waals surface area contributed by atoms with Gasteiger partial charge in [-0.05, 0) is 49.7 Å². The summed E-state index contributed by atoms with van der Waals surface area (Å²) in [7, 11) is 3.01. The van der Waals surface area contributed by atoms with Crippen LogP contribution in [-0.4, -0.2) is 57.3 Å². The van der Waals surface area contributed by atoms with E-state index in [2.05, 4.69) is 10.4 Å². The molecule has 0 radical (unpaired) electrons. The van der Waals surface area contributed by atoms with E-state index in [0.717, 1.165) is 24.3 Å². The number of hydrogen-bond acceptors (Lipinski definition) is 5. The Hall–Kier alpha value is -3.72. The molecule has 2 amide bonds. The number of carbonyl (C=O) groups excluding carboxylic acids is 2. The Balaban J connectivity index is 0.000000330. The van der Waals surface area contributed by atoms with E-state index in [1.807, 2.05) is 0 Å². The van der Waals surface area contributed by atoms with E-state index >= 15 is 0 Å². The average Bonchev–Trinajstić information content (AvgIpc) is 3.19. The van der Waals surface area contributed by atoms with Crippen LogP contribution in [0.3, 0.4) is 0 Å². The van der Waals surface area contributed by atoms with Gasteiger partial charge in [-0.2, -0.15) is 26.6 Å². The molecule has 1 heterocycles. The summed E-state index contributed by atoms with van der Waals surface area (Å²) in [5.41, 5.74) is -2.04. The summed E-state index contributed by atoms with van der Waals surface area (Å²) < 4.78 is 82.5. The fourth-order valence-corrected chi connectivity index (χ4v) is 3.73. The van der Waals surface area contributed by atoms with E-state index in [0.29, 0.717) is 4.68 Å². The second kappa shape index (κ2) is 14.4. The van der Waals surface area contributed by atoms with Crippen LogP contribution < -0.4 is 11.0 Å². The number of hydrogen-bond donors (Lipinski definition) is 1. The molecule has 0 aliphatic heterocycles. The monoisotopic (exact) mass is 643 g/mol. The van der Waals surface area contributed by atoms with Gasteiger partial charge in [-0.1, -0.05) is 17.7 Å². The number of nitrogens with one attached hydrogen (secondary N) is 1. The van der Waals surface area contributed by atoms with E-state index in [4.69, 9.17) is 27.9 Å². The fraction of sp³-hybridized carbons (Fsp3) is 0.360. The molecule has 1 aromatic heterocycles. The molecule has 3 aromatic rings. The van der Waals surface area contributed by atoms with Gasteiger partial charge in [0.25, 0.3) is 0 Å². The Morgan fingerprint density at radius 3 is 2.33 bits per heavy atom. The van der Waals surface area contributed by atoms with Gasteiger partial charge in [0, 0.05) is 31.2 Å². The molecule has 3 rings (SSSR count). The number of aryl methyl sites for hydroxylation is 1. The molecule has 1 unspecified atom stereocenters. The summed E-state index contributed by atoms with van der Waals surface area (Å²) in [5, 5.41) is 4.86. The minimum atomic E-state index is -4.40. The van der Waals surface area contributed by atoms with Gasteiger partial charge >= 0.3 is 30.4 Å². The Bertz CT molecular complexity index is 1480. The lowest BCUT2D eigenvalue weighted by Crippen LogP contribution is -2.27. The highest BCUT2D eigenvalue weighted by atomic mass is 35.5. The maximum atomic E-state index is 14.2. The lowest BCUT2D eigenvalue weighted by atomic mass is 10.1. The van der Waals surface area contributed by atoms with E-state index < -0.39 is 47.2 Å². The summed E-state index contributed by atoms with van der Waals surface area (Å²) in [6.45, 7) is -0.195. The number of halogens is 8. The summed E-state index contributed by atoms with van der Waals surface area (Å²) in [5.74, 6) is -1.92. The van der Waals surface area contributed by atoms with Gasteiger partial charge in [-0.15, -0.1) is 16.7 Å². The summed E-state index contributed by atoms with van der Waals surface area (Å²) in [6, 6.07) is 6.04. The molecule has 0 spiro atoms. The normalized spacial score (nSPS) is 11.9. The van der Waals surface area contributed by atoms with Crippen molar-refractivity contribution in [3.63, 3.8) is 0 Å². The highest BCUT2D eigenvalue weighted by Crippen LogP contribution is 2.30. The van der Waals surface area contributed by atoms with Crippen molar-refractivity contribution < 1.29 is 40.7 Å². The number of nitrogens with zero attached hydrogens (tertiary/aromatic N) is 4. The van der Waals surface area contributed by atoms with Gasteiger partial charge in [-0.3, -0.25) is 4.79 Å². The molecule has 1 atom stereocenters. The molecule has 17 heteroatoms. The van der Waals surface area contributed by atoms with Crippen LogP contribution in [0, 0.1) is 12.7 Å². The molecule has 0 saturated heterocycles. The number of rotatable bonds is 7. The van der Waals surface area contributed by atoms with Crippen molar-refractivity contribution in [3.05, 3.63) is 74.7 Å². The predicted molar refractivity (Wildman–Crippen MR) is 143 cm³/mol. The van der Waals surface area contributed by atoms with Crippen molar-refractivity contribution in [3.8, 4) is 5.69 Å². The predicted octanol–water partition coefficient (Wildman–Crippen LogP) is 6.04. The first-order chi connectivity index (χ1) is 19.5. The van der Waals surface area contributed by atoms with Gasteiger partial charge in [0.1, 0.15) is 16.9 Å². The summed E-state index contributed by atoms with van der Waals surface area (Å²) in [6.07, 6.45) is -4.52. The zero-order valence-corrected chi connectivity index (χ0v) is 24.0. The van der Waals surface area contributed by atoms with Crippen molar-refractivity contribution >= 4 is 40.9 Å². The van der Waals surface area contributed by atoms with Crippen molar-refractivity contribution in [1.29, 1.82) is 0 Å². The first-order valence-corrected chi connectivity index (χ1v) is 12.7. The number of esters is 1. The smallest absolute Gasteiger partial charge is 0.416 e. The molecule has 0 fully saturated rings. The Morgan fingerprint density at radius 1 is 1.17 bits per heavy atom. The lowest BCUT2D eigenvalue weighted by molar-refractivity contribution is -0.142. The first-order valence-electron chi connectivity index (χ1n) is 11.9. The number of anilines is 1. The van der Waals surface area contributed by atoms with Crippen molar-refractivity contribution in [2.24, 2.45) is 0 Å². The van der Waals surface area contributed by atoms with Crippen LogP contribution in [0.2, 0.25) is 5.02 Å². The molecule has 0 aliphatic rings. The highest BCUT2D eigenvalue weighted by Gasteiger charge is 2.30. The molecular formula is C25H25Cl2F6N5O4. The fourth-order valence-electron chi connectivity index (χ4n) is 3.27. The largest absolute Gasteiger partial charge is 0.465 e. The summed E-state index contributed by atoms with van der Waals surface area (Å²) in [4.78, 5) is 36.2. The minimum absolute atomic E-state index is 0.0424. The third-order valence-electron chi connectivity index (χ3n) is 5.31. The summed E-state index contributed by atoms with van der Waals surface area (Å²) >= 11 is 11.9. The Labute approximate surface area is 245 Å². The lowest BCUT2D eigenvalue weighted by Gasteiger charge is -2.13. The maximum Gasteiger partial charge on any atom is 0.416 e. The molecule has 9 nitrogen and oxygen atoms in total. The van der Waals surface area contributed by atoms with Gasteiger partial charge in [0.15, 0.2) is 5.82 Å². The number of carbonyl (C=O) groups is 2. The molecule has 0 saturated carbocycles. The Morgan fingerprint density at radius 2 is 1.81 bits per heavy atom. The standard InChI is InChI=1S/C15H14Cl2F3N3O3.C10H11F3N2O/c1-3-26-13(24)10(17)4-8-5-12(11(18)6-9(8)16)23-15(25)22(14(19)20)7(2)21-23;1-15(2)9(16)14-8-5-3-4-7(6-8)10(11,12)13/h5-6,10,14H,3-4H2,1-2H3;3-6H,1-2H3,(H,14,16). The zero-order chi connectivity index (χ0) is 31.9. The SMILES string of the molecule is CCOC(=O)C(Cl)Cc1cc(-n2nc(C)n(C(F)F)c2=O)c(F)cc1Cl.CN(C)C(=O)Nc1cccc(C(F)(F)F)c1. The van der Waals surface area contributed by atoms with Crippen LogP contribution >= 0.6 is 23.2 Å². The molecule has 0 bridgehead atoms. The van der Waals surface area contributed by atoms with Gasteiger partial charge in [0.05, 0.1) is 12.2 Å². The molecule has 230 valence electrons. The van der Waals surface area contributed by atoms with Gasteiger partial charge < -0.3 is 15.0 Å². The second-order valence-electron chi connectivity index (χ2n) is 8.61. The number of ether oxygens (including phenoxy) is 1. The van der Waals surface area contributed by atoms with Crippen LogP contribution in [0.4, 0.5) is 36.8 Å². The molecule has 42 heavy (non-hydrogen) atoms. The number of amides is 2. The van der Waals surface area contributed by atoms with Crippen molar-refractivity contribution in [2.75, 3.05) is 26.0 Å². The third-order valence-corrected chi connectivity index (χ3v) is 5.99. The zero-order valence-electron chi connectivity index (χ0n) is 22.5.